The van der Waals surface area contributed by atoms with E-state index < -0.39 is 0 Å². The van der Waals surface area contributed by atoms with Gasteiger partial charge in [0.15, 0.2) is 0 Å². The minimum absolute atomic E-state index is 0. The first-order valence-electron chi connectivity index (χ1n) is 5.15. The molecule has 1 aromatic rings. The lowest BCUT2D eigenvalue weighted by Gasteiger charge is -2.09. The van der Waals surface area contributed by atoms with Crippen LogP contribution < -0.4 is 10.6 Å². The average Bonchev–Trinajstić information content (AvgIpc) is 2.76. The molecule has 0 aromatic carbocycles. The number of aromatic nitrogens is 1. The Morgan fingerprint density at radius 3 is 2.81 bits per heavy atom. The number of hydrogen-bond acceptors (Lipinski definition) is 4. The van der Waals surface area contributed by atoms with Gasteiger partial charge in [-0.05, 0) is 33.2 Å². The van der Waals surface area contributed by atoms with Crippen molar-refractivity contribution in [3.8, 4) is 0 Å². The molecule has 0 bridgehead atoms. The van der Waals surface area contributed by atoms with Crippen LogP contribution in [-0.2, 0) is 4.79 Å². The van der Waals surface area contributed by atoms with Crippen LogP contribution >= 0.6 is 23.7 Å². The maximum Gasteiger partial charge on any atom is 0.242 e. The van der Waals surface area contributed by atoms with E-state index in [1.54, 1.807) is 0 Å². The van der Waals surface area contributed by atoms with Crippen molar-refractivity contribution in [3.05, 3.63) is 10.7 Å². The van der Waals surface area contributed by atoms with Crippen molar-refractivity contribution in [2.75, 3.05) is 11.9 Å². The van der Waals surface area contributed by atoms with Gasteiger partial charge in [-0.2, -0.15) is 0 Å². The van der Waals surface area contributed by atoms with Crippen LogP contribution in [-0.4, -0.2) is 23.5 Å². The number of amides is 1. The number of nitrogens with zero attached hydrogens (tertiary/aromatic N) is 1. The fourth-order valence-electron chi connectivity index (χ4n) is 1.75. The first-order chi connectivity index (χ1) is 7.16. The van der Waals surface area contributed by atoms with Gasteiger partial charge in [-0.15, -0.1) is 23.7 Å². The van der Waals surface area contributed by atoms with E-state index in [4.69, 9.17) is 0 Å². The molecule has 4 nitrogen and oxygen atoms in total. The van der Waals surface area contributed by atoms with E-state index in [9.17, 15) is 4.79 Å². The molecule has 0 saturated carbocycles. The van der Waals surface area contributed by atoms with E-state index in [1.807, 2.05) is 13.8 Å². The fraction of sp³-hybridized carbons (Fsp3) is 0.600. The Balaban J connectivity index is 0.00000128. The summed E-state index contributed by atoms with van der Waals surface area (Å²) in [5.74, 6) is 0.0688. The molecule has 90 valence electrons. The summed E-state index contributed by atoms with van der Waals surface area (Å²) < 4.78 is 0. The topological polar surface area (TPSA) is 54.0 Å². The third-order valence-electron chi connectivity index (χ3n) is 2.52. The maximum atomic E-state index is 11.8. The number of carbonyl (C=O) groups is 1. The van der Waals surface area contributed by atoms with Crippen LogP contribution in [0.1, 0.15) is 23.5 Å². The van der Waals surface area contributed by atoms with Crippen LogP contribution in [0.4, 0.5) is 5.00 Å². The number of carbonyl (C=O) groups excluding carboxylic acids is 1. The molecular weight excluding hydrogens is 246 g/mol. The molecule has 1 fully saturated rings. The molecule has 1 saturated heterocycles. The SMILES string of the molecule is Cc1nc(C)c(NC(=O)[C@@H]2CCCN2)s1.Cl. The van der Waals surface area contributed by atoms with Crippen LogP contribution in [0, 0.1) is 13.8 Å². The number of rotatable bonds is 2. The smallest absolute Gasteiger partial charge is 0.242 e. The quantitative estimate of drug-likeness (QED) is 0.855. The van der Waals surface area contributed by atoms with E-state index in [-0.39, 0.29) is 24.4 Å². The molecule has 1 aliphatic rings. The van der Waals surface area contributed by atoms with Gasteiger partial charge in [-0.25, -0.2) is 4.98 Å². The van der Waals surface area contributed by atoms with Gasteiger partial charge in [-0.3, -0.25) is 4.79 Å². The lowest BCUT2D eigenvalue weighted by atomic mass is 10.2. The summed E-state index contributed by atoms with van der Waals surface area (Å²) >= 11 is 1.53. The van der Waals surface area contributed by atoms with Crippen molar-refractivity contribution < 1.29 is 4.79 Å². The Morgan fingerprint density at radius 2 is 2.31 bits per heavy atom. The lowest BCUT2D eigenvalue weighted by Crippen LogP contribution is -2.35. The molecule has 0 unspecified atom stereocenters. The molecule has 6 heteroatoms. The highest BCUT2D eigenvalue weighted by molar-refractivity contribution is 7.16. The van der Waals surface area contributed by atoms with Gasteiger partial charge in [-0.1, -0.05) is 0 Å². The highest BCUT2D eigenvalue weighted by atomic mass is 35.5. The normalized spacial score (nSPS) is 19.2. The molecule has 0 radical (unpaired) electrons. The third-order valence-corrected chi connectivity index (χ3v) is 3.51. The number of hydrogen-bond donors (Lipinski definition) is 2. The summed E-state index contributed by atoms with van der Waals surface area (Å²) in [5.41, 5.74) is 0.906. The number of anilines is 1. The molecule has 1 aliphatic heterocycles. The first kappa shape index (κ1) is 13.4. The minimum atomic E-state index is -0.0215. The Morgan fingerprint density at radius 1 is 1.56 bits per heavy atom. The summed E-state index contributed by atoms with van der Waals surface area (Å²) in [7, 11) is 0. The van der Waals surface area contributed by atoms with Gasteiger partial charge < -0.3 is 10.6 Å². The summed E-state index contributed by atoms with van der Waals surface area (Å²) in [5, 5.41) is 7.97. The molecule has 1 atom stereocenters. The van der Waals surface area contributed by atoms with Crippen LogP contribution in [0.15, 0.2) is 0 Å². The lowest BCUT2D eigenvalue weighted by molar-refractivity contribution is -0.117. The number of nitrogens with one attached hydrogen (secondary N) is 2. The summed E-state index contributed by atoms with van der Waals surface area (Å²) in [6.45, 7) is 4.81. The Hall–Kier alpha value is -0.650. The third kappa shape index (κ3) is 2.93. The maximum absolute atomic E-state index is 11.8. The van der Waals surface area contributed by atoms with E-state index in [0.717, 1.165) is 35.1 Å². The second-order valence-electron chi connectivity index (χ2n) is 3.79. The highest BCUT2D eigenvalue weighted by Gasteiger charge is 2.22. The summed E-state index contributed by atoms with van der Waals surface area (Å²) in [6.07, 6.45) is 2.02. The van der Waals surface area contributed by atoms with Crippen molar-refractivity contribution in [3.63, 3.8) is 0 Å². The van der Waals surface area contributed by atoms with Crippen molar-refractivity contribution in [1.29, 1.82) is 0 Å². The predicted molar refractivity (Wildman–Crippen MR) is 68.5 cm³/mol. The van der Waals surface area contributed by atoms with Gasteiger partial charge in [0, 0.05) is 0 Å². The summed E-state index contributed by atoms with van der Waals surface area (Å²) in [4.78, 5) is 16.1. The number of halogens is 1. The average molecular weight is 262 g/mol. The fourth-order valence-corrected chi connectivity index (χ4v) is 2.58. The van der Waals surface area contributed by atoms with Gasteiger partial charge in [0.2, 0.25) is 5.91 Å². The van der Waals surface area contributed by atoms with E-state index in [2.05, 4.69) is 15.6 Å². The van der Waals surface area contributed by atoms with Crippen LogP contribution in [0.3, 0.4) is 0 Å². The monoisotopic (exact) mass is 261 g/mol. The standard InChI is InChI=1S/C10H15N3OS.ClH/c1-6-10(15-7(2)12-6)13-9(14)8-4-3-5-11-8;/h8,11H,3-5H2,1-2H3,(H,13,14);1H/t8-;/m0./s1. The van der Waals surface area contributed by atoms with Gasteiger partial charge in [0.1, 0.15) is 5.00 Å². The van der Waals surface area contributed by atoms with Crippen LogP contribution in [0.5, 0.6) is 0 Å². The zero-order valence-electron chi connectivity index (χ0n) is 9.37. The molecule has 2 heterocycles. The predicted octanol–water partition coefficient (Wildman–Crippen LogP) is 1.87. The van der Waals surface area contributed by atoms with E-state index in [1.165, 1.54) is 11.3 Å². The number of thiazole rings is 1. The molecule has 0 aliphatic carbocycles. The molecule has 2 rings (SSSR count). The molecule has 1 amide bonds. The largest absolute Gasteiger partial charge is 0.315 e. The zero-order chi connectivity index (χ0) is 10.8. The van der Waals surface area contributed by atoms with Gasteiger partial charge in [0.05, 0.1) is 16.7 Å². The van der Waals surface area contributed by atoms with E-state index in [0.29, 0.717) is 0 Å². The van der Waals surface area contributed by atoms with Crippen molar-refractivity contribution >= 4 is 34.7 Å². The number of aryl methyl sites for hydroxylation is 2. The Kier molecular flexibility index (Phi) is 4.70. The van der Waals surface area contributed by atoms with Crippen LogP contribution in [0.25, 0.3) is 0 Å². The second-order valence-corrected chi connectivity index (χ2v) is 4.99. The van der Waals surface area contributed by atoms with Crippen molar-refractivity contribution in [2.24, 2.45) is 0 Å². The Labute approximate surface area is 105 Å². The van der Waals surface area contributed by atoms with Gasteiger partial charge in [0.25, 0.3) is 0 Å². The van der Waals surface area contributed by atoms with Gasteiger partial charge >= 0.3 is 0 Å². The molecule has 1 aromatic heterocycles. The molecule has 0 spiro atoms. The van der Waals surface area contributed by atoms with Crippen LogP contribution in [0.2, 0.25) is 0 Å². The van der Waals surface area contributed by atoms with Crippen molar-refractivity contribution in [2.45, 2.75) is 32.7 Å². The first-order valence-corrected chi connectivity index (χ1v) is 5.97. The second kappa shape index (κ2) is 5.61. The zero-order valence-corrected chi connectivity index (χ0v) is 11.0. The summed E-state index contributed by atoms with van der Waals surface area (Å²) in [6, 6.07) is -0.0215. The van der Waals surface area contributed by atoms with E-state index >= 15 is 0 Å². The molecule has 2 N–H and O–H groups in total. The minimum Gasteiger partial charge on any atom is -0.315 e. The molecular formula is C10H16ClN3OS. The molecule has 16 heavy (non-hydrogen) atoms. The Bertz CT molecular complexity index is 374. The highest BCUT2D eigenvalue weighted by Crippen LogP contribution is 2.23. The van der Waals surface area contributed by atoms with Crippen molar-refractivity contribution in [1.82, 2.24) is 10.3 Å².